The van der Waals surface area contributed by atoms with E-state index < -0.39 is 0 Å². The Morgan fingerprint density at radius 3 is 2.84 bits per heavy atom. The Bertz CT molecular complexity index is 1040. The number of aryl methyl sites for hydroxylation is 1. The molecule has 1 aliphatic heterocycles. The number of anilines is 3. The van der Waals surface area contributed by atoms with Crippen molar-refractivity contribution in [1.29, 1.82) is 0 Å². The number of hydrogen-bond acceptors (Lipinski definition) is 5. The Morgan fingerprint density at radius 2 is 2.03 bits per heavy atom. The first kappa shape index (κ1) is 20.8. The highest BCUT2D eigenvalue weighted by molar-refractivity contribution is 5.79. The smallest absolute Gasteiger partial charge is 0.229 e. The molecule has 0 radical (unpaired) electrons. The second kappa shape index (κ2) is 9.55. The quantitative estimate of drug-likeness (QED) is 0.627. The van der Waals surface area contributed by atoms with Crippen molar-refractivity contribution in [2.24, 2.45) is 5.92 Å². The molecule has 1 aromatic heterocycles. The fourth-order valence-electron chi connectivity index (χ4n) is 3.72. The van der Waals surface area contributed by atoms with Crippen LogP contribution in [0.3, 0.4) is 0 Å². The van der Waals surface area contributed by atoms with E-state index in [4.69, 9.17) is 0 Å². The SMILES string of the molecule is Cc1ccc(CNC(=O)C2CCCN(c3ccnc(Nc4cccc(F)c4)n3)C2)cc1. The number of carbonyl (C=O) groups excluding carboxylic acids is 1. The first-order valence-corrected chi connectivity index (χ1v) is 10.5. The fourth-order valence-corrected chi connectivity index (χ4v) is 3.72. The van der Waals surface area contributed by atoms with Crippen molar-refractivity contribution in [2.75, 3.05) is 23.3 Å². The molecule has 1 atom stereocenters. The third-order valence-electron chi connectivity index (χ3n) is 5.43. The summed E-state index contributed by atoms with van der Waals surface area (Å²) in [6, 6.07) is 16.2. The molecule has 0 spiro atoms. The molecule has 31 heavy (non-hydrogen) atoms. The maximum atomic E-state index is 13.4. The standard InChI is InChI=1S/C24H26FN5O/c1-17-7-9-18(10-8-17)15-27-23(31)19-4-3-13-30(16-19)22-11-12-26-24(29-22)28-21-6-2-5-20(25)14-21/h2,5-12,14,19H,3-4,13,15-16H2,1H3,(H,27,31)(H,26,28,29). The molecule has 1 fully saturated rings. The van der Waals surface area contributed by atoms with Gasteiger partial charge in [-0.25, -0.2) is 9.37 Å². The van der Waals surface area contributed by atoms with Crippen LogP contribution in [0.1, 0.15) is 24.0 Å². The summed E-state index contributed by atoms with van der Waals surface area (Å²) < 4.78 is 13.4. The predicted molar refractivity (Wildman–Crippen MR) is 120 cm³/mol. The average molecular weight is 420 g/mol. The molecule has 3 aromatic rings. The van der Waals surface area contributed by atoms with E-state index >= 15 is 0 Å². The molecule has 0 bridgehead atoms. The van der Waals surface area contributed by atoms with Gasteiger partial charge in [-0.05, 0) is 49.6 Å². The summed E-state index contributed by atoms with van der Waals surface area (Å²) in [7, 11) is 0. The Balaban J connectivity index is 1.37. The first-order valence-electron chi connectivity index (χ1n) is 10.5. The minimum Gasteiger partial charge on any atom is -0.356 e. The van der Waals surface area contributed by atoms with Crippen molar-refractivity contribution < 1.29 is 9.18 Å². The van der Waals surface area contributed by atoms with Crippen LogP contribution >= 0.6 is 0 Å². The number of nitrogens with zero attached hydrogens (tertiary/aromatic N) is 3. The molecule has 1 unspecified atom stereocenters. The summed E-state index contributed by atoms with van der Waals surface area (Å²) in [6.07, 6.45) is 3.44. The molecule has 2 N–H and O–H groups in total. The van der Waals surface area contributed by atoms with Crippen LogP contribution in [-0.2, 0) is 11.3 Å². The van der Waals surface area contributed by atoms with E-state index in [0.717, 1.165) is 30.8 Å². The molecule has 2 aromatic carbocycles. The van der Waals surface area contributed by atoms with Crippen LogP contribution in [0.4, 0.5) is 21.8 Å². The van der Waals surface area contributed by atoms with Crippen molar-refractivity contribution in [2.45, 2.75) is 26.3 Å². The van der Waals surface area contributed by atoms with Gasteiger partial charge < -0.3 is 15.5 Å². The topological polar surface area (TPSA) is 70.2 Å². The van der Waals surface area contributed by atoms with Gasteiger partial charge in [0.15, 0.2) is 0 Å². The van der Waals surface area contributed by atoms with Gasteiger partial charge in [0.1, 0.15) is 11.6 Å². The zero-order chi connectivity index (χ0) is 21.6. The summed E-state index contributed by atoms with van der Waals surface area (Å²) in [4.78, 5) is 23.6. The van der Waals surface area contributed by atoms with Crippen LogP contribution in [0.2, 0.25) is 0 Å². The van der Waals surface area contributed by atoms with E-state index in [1.54, 1.807) is 18.3 Å². The highest BCUT2D eigenvalue weighted by atomic mass is 19.1. The number of aromatic nitrogens is 2. The van der Waals surface area contributed by atoms with Crippen LogP contribution in [0.5, 0.6) is 0 Å². The van der Waals surface area contributed by atoms with Crippen LogP contribution in [0.15, 0.2) is 60.8 Å². The van der Waals surface area contributed by atoms with Gasteiger partial charge in [0.25, 0.3) is 0 Å². The van der Waals surface area contributed by atoms with E-state index in [-0.39, 0.29) is 17.6 Å². The van der Waals surface area contributed by atoms with Gasteiger partial charge in [0.05, 0.1) is 5.92 Å². The van der Waals surface area contributed by atoms with Crippen molar-refractivity contribution in [3.8, 4) is 0 Å². The second-order valence-corrected chi connectivity index (χ2v) is 7.86. The summed E-state index contributed by atoms with van der Waals surface area (Å²) in [5.74, 6) is 0.807. The first-order chi connectivity index (χ1) is 15.1. The fraction of sp³-hybridized carbons (Fsp3) is 0.292. The molecule has 7 heteroatoms. The summed E-state index contributed by atoms with van der Waals surface area (Å²) in [5, 5.41) is 6.10. The Kier molecular flexibility index (Phi) is 6.40. The molecule has 1 amide bonds. The Labute approximate surface area is 181 Å². The van der Waals surface area contributed by atoms with Gasteiger partial charge in [-0.1, -0.05) is 35.9 Å². The average Bonchev–Trinajstić information content (AvgIpc) is 2.79. The van der Waals surface area contributed by atoms with E-state index in [1.165, 1.54) is 17.7 Å². The lowest BCUT2D eigenvalue weighted by atomic mass is 9.97. The zero-order valence-electron chi connectivity index (χ0n) is 17.5. The maximum Gasteiger partial charge on any atom is 0.229 e. The van der Waals surface area contributed by atoms with E-state index in [2.05, 4.69) is 25.5 Å². The van der Waals surface area contributed by atoms with Crippen molar-refractivity contribution in [1.82, 2.24) is 15.3 Å². The Morgan fingerprint density at radius 1 is 1.19 bits per heavy atom. The molecule has 4 rings (SSSR count). The predicted octanol–water partition coefficient (Wildman–Crippen LogP) is 4.20. The zero-order valence-corrected chi connectivity index (χ0v) is 17.5. The number of amides is 1. The van der Waals surface area contributed by atoms with Crippen LogP contribution in [0.25, 0.3) is 0 Å². The monoisotopic (exact) mass is 419 g/mol. The van der Waals surface area contributed by atoms with Gasteiger partial charge in [0.2, 0.25) is 11.9 Å². The Hall–Kier alpha value is -3.48. The van der Waals surface area contributed by atoms with E-state index in [1.807, 2.05) is 37.3 Å². The van der Waals surface area contributed by atoms with Crippen LogP contribution in [-0.4, -0.2) is 29.0 Å². The van der Waals surface area contributed by atoms with E-state index in [9.17, 15) is 9.18 Å². The number of piperidine rings is 1. The normalized spacial score (nSPS) is 16.1. The van der Waals surface area contributed by atoms with Crippen LogP contribution in [0, 0.1) is 18.7 Å². The summed E-state index contributed by atoms with van der Waals surface area (Å²) in [5.41, 5.74) is 2.88. The lowest BCUT2D eigenvalue weighted by molar-refractivity contribution is -0.125. The number of carbonyl (C=O) groups is 1. The summed E-state index contributed by atoms with van der Waals surface area (Å²) in [6.45, 7) is 4.02. The third kappa shape index (κ3) is 5.57. The molecule has 160 valence electrons. The lowest BCUT2D eigenvalue weighted by Gasteiger charge is -2.33. The number of nitrogens with one attached hydrogen (secondary N) is 2. The van der Waals surface area contributed by atoms with Gasteiger partial charge >= 0.3 is 0 Å². The molecular formula is C24H26FN5O. The van der Waals surface area contributed by atoms with E-state index in [0.29, 0.717) is 24.7 Å². The molecule has 0 saturated carbocycles. The second-order valence-electron chi connectivity index (χ2n) is 7.86. The highest BCUT2D eigenvalue weighted by Crippen LogP contribution is 2.23. The largest absolute Gasteiger partial charge is 0.356 e. The minimum absolute atomic E-state index is 0.0671. The highest BCUT2D eigenvalue weighted by Gasteiger charge is 2.26. The number of rotatable bonds is 6. The molecule has 6 nitrogen and oxygen atoms in total. The van der Waals surface area contributed by atoms with Crippen molar-refractivity contribution in [3.05, 3.63) is 77.7 Å². The molecular weight excluding hydrogens is 393 g/mol. The molecule has 1 aliphatic rings. The number of hydrogen-bond donors (Lipinski definition) is 2. The maximum absolute atomic E-state index is 13.4. The number of halogens is 1. The minimum atomic E-state index is -0.323. The lowest BCUT2D eigenvalue weighted by Crippen LogP contribution is -2.43. The van der Waals surface area contributed by atoms with Gasteiger partial charge in [0, 0.05) is 31.5 Å². The molecule has 1 saturated heterocycles. The molecule has 0 aliphatic carbocycles. The van der Waals surface area contributed by atoms with Crippen molar-refractivity contribution in [3.63, 3.8) is 0 Å². The number of benzene rings is 2. The molecule has 2 heterocycles. The van der Waals surface area contributed by atoms with Crippen molar-refractivity contribution >= 4 is 23.4 Å². The van der Waals surface area contributed by atoms with Crippen LogP contribution < -0.4 is 15.5 Å². The van der Waals surface area contributed by atoms with Gasteiger partial charge in [-0.2, -0.15) is 4.98 Å². The van der Waals surface area contributed by atoms with Gasteiger partial charge in [-0.15, -0.1) is 0 Å². The van der Waals surface area contributed by atoms with Gasteiger partial charge in [-0.3, -0.25) is 4.79 Å². The summed E-state index contributed by atoms with van der Waals surface area (Å²) >= 11 is 0. The third-order valence-corrected chi connectivity index (χ3v) is 5.43.